The lowest BCUT2D eigenvalue weighted by atomic mass is 10.1. The smallest absolute Gasteiger partial charge is 0.335 e. The first kappa shape index (κ1) is 15.9. The van der Waals surface area contributed by atoms with E-state index in [4.69, 9.17) is 5.11 Å². The van der Waals surface area contributed by atoms with Gasteiger partial charge in [-0.05, 0) is 23.6 Å². The van der Waals surface area contributed by atoms with Gasteiger partial charge in [-0.2, -0.15) is 11.8 Å². The van der Waals surface area contributed by atoms with Gasteiger partial charge in [0.2, 0.25) is 5.91 Å². The molecule has 21 heavy (non-hydrogen) atoms. The SMILES string of the molecule is CC(C)C1CN(C(=O)Cc2ccc(C(=O)O)cc2)CCS1. The van der Waals surface area contributed by atoms with E-state index in [-0.39, 0.29) is 11.5 Å². The molecule has 1 aromatic carbocycles. The Kier molecular flexibility index (Phi) is 5.28. The number of rotatable bonds is 4. The summed E-state index contributed by atoms with van der Waals surface area (Å²) >= 11 is 1.94. The van der Waals surface area contributed by atoms with Crippen LogP contribution in [-0.2, 0) is 11.2 Å². The van der Waals surface area contributed by atoms with E-state index in [2.05, 4.69) is 13.8 Å². The molecule has 1 atom stereocenters. The highest BCUT2D eigenvalue weighted by molar-refractivity contribution is 8.00. The Hall–Kier alpha value is -1.49. The van der Waals surface area contributed by atoms with Gasteiger partial charge in [-0.3, -0.25) is 4.79 Å². The summed E-state index contributed by atoms with van der Waals surface area (Å²) in [5.74, 6) is 0.747. The molecule has 0 radical (unpaired) electrons. The van der Waals surface area contributed by atoms with Gasteiger partial charge in [0, 0.05) is 24.1 Å². The Morgan fingerprint density at radius 2 is 2.00 bits per heavy atom. The van der Waals surface area contributed by atoms with Crippen LogP contribution in [0, 0.1) is 5.92 Å². The Morgan fingerprint density at radius 1 is 1.33 bits per heavy atom. The Balaban J connectivity index is 1.96. The minimum atomic E-state index is -0.944. The molecule has 0 bridgehead atoms. The van der Waals surface area contributed by atoms with Gasteiger partial charge in [0.25, 0.3) is 0 Å². The highest BCUT2D eigenvalue weighted by atomic mass is 32.2. The predicted molar refractivity (Wildman–Crippen MR) is 84.8 cm³/mol. The molecule has 1 heterocycles. The van der Waals surface area contributed by atoms with Crippen molar-refractivity contribution in [2.75, 3.05) is 18.8 Å². The Morgan fingerprint density at radius 3 is 2.57 bits per heavy atom. The lowest BCUT2D eigenvalue weighted by Crippen LogP contribution is -2.44. The lowest BCUT2D eigenvalue weighted by molar-refractivity contribution is -0.130. The summed E-state index contributed by atoms with van der Waals surface area (Å²) in [5.41, 5.74) is 1.12. The molecule has 1 aliphatic rings. The molecule has 1 N–H and O–H groups in total. The molecule has 1 aliphatic heterocycles. The van der Waals surface area contributed by atoms with Crippen molar-refractivity contribution in [3.63, 3.8) is 0 Å². The van der Waals surface area contributed by atoms with Crippen molar-refractivity contribution >= 4 is 23.6 Å². The minimum Gasteiger partial charge on any atom is -0.478 e. The van der Waals surface area contributed by atoms with Crippen LogP contribution < -0.4 is 0 Å². The highest BCUT2D eigenvalue weighted by Crippen LogP contribution is 2.25. The van der Waals surface area contributed by atoms with Crippen LogP contribution in [0.25, 0.3) is 0 Å². The first-order valence-electron chi connectivity index (χ1n) is 7.19. The molecule has 114 valence electrons. The number of aromatic carboxylic acids is 1. The third kappa shape index (κ3) is 4.24. The van der Waals surface area contributed by atoms with Crippen LogP contribution in [0.1, 0.15) is 29.8 Å². The zero-order chi connectivity index (χ0) is 15.4. The average molecular weight is 307 g/mol. The molecular formula is C16H21NO3S. The maximum atomic E-state index is 12.4. The van der Waals surface area contributed by atoms with Crippen molar-refractivity contribution in [2.24, 2.45) is 5.92 Å². The third-order valence-electron chi connectivity index (χ3n) is 3.75. The number of carboxylic acids is 1. The fourth-order valence-corrected chi connectivity index (χ4v) is 3.66. The number of thioether (sulfide) groups is 1. The molecule has 1 amide bonds. The molecule has 0 aliphatic carbocycles. The summed E-state index contributed by atoms with van der Waals surface area (Å²) in [5, 5.41) is 9.38. The van der Waals surface area contributed by atoms with Crippen LogP contribution in [0.15, 0.2) is 24.3 Å². The van der Waals surface area contributed by atoms with Crippen molar-refractivity contribution in [3.8, 4) is 0 Å². The van der Waals surface area contributed by atoms with E-state index in [0.717, 1.165) is 24.4 Å². The van der Waals surface area contributed by atoms with Gasteiger partial charge in [-0.15, -0.1) is 0 Å². The van der Waals surface area contributed by atoms with E-state index in [1.807, 2.05) is 16.7 Å². The largest absolute Gasteiger partial charge is 0.478 e. The fraction of sp³-hybridized carbons (Fsp3) is 0.500. The third-order valence-corrected chi connectivity index (χ3v) is 5.29. The summed E-state index contributed by atoms with van der Waals surface area (Å²) in [6, 6.07) is 6.54. The number of carbonyl (C=O) groups excluding carboxylic acids is 1. The molecule has 1 fully saturated rings. The number of benzene rings is 1. The molecule has 4 nitrogen and oxygen atoms in total. The van der Waals surface area contributed by atoms with Crippen LogP contribution >= 0.6 is 11.8 Å². The van der Waals surface area contributed by atoms with Crippen molar-refractivity contribution < 1.29 is 14.7 Å². The van der Waals surface area contributed by atoms with Gasteiger partial charge in [0.15, 0.2) is 0 Å². The summed E-state index contributed by atoms with van der Waals surface area (Å²) in [6.07, 6.45) is 0.343. The molecule has 1 unspecified atom stereocenters. The lowest BCUT2D eigenvalue weighted by Gasteiger charge is -2.34. The number of hydrogen-bond donors (Lipinski definition) is 1. The zero-order valence-electron chi connectivity index (χ0n) is 12.4. The number of carboxylic acid groups (broad SMARTS) is 1. The number of carbonyl (C=O) groups is 2. The molecule has 1 aromatic rings. The van der Waals surface area contributed by atoms with Gasteiger partial charge in [-0.1, -0.05) is 26.0 Å². The van der Waals surface area contributed by atoms with Crippen molar-refractivity contribution in [2.45, 2.75) is 25.5 Å². The highest BCUT2D eigenvalue weighted by Gasteiger charge is 2.25. The second-order valence-electron chi connectivity index (χ2n) is 5.67. The topological polar surface area (TPSA) is 57.6 Å². The average Bonchev–Trinajstić information content (AvgIpc) is 2.48. The van der Waals surface area contributed by atoms with E-state index in [1.54, 1.807) is 24.3 Å². The van der Waals surface area contributed by atoms with Crippen LogP contribution in [0.5, 0.6) is 0 Å². The first-order valence-corrected chi connectivity index (χ1v) is 8.24. The van der Waals surface area contributed by atoms with Crippen molar-refractivity contribution in [3.05, 3.63) is 35.4 Å². The maximum absolute atomic E-state index is 12.4. The summed E-state index contributed by atoms with van der Waals surface area (Å²) in [4.78, 5) is 25.1. The standard InChI is InChI=1S/C16H21NO3S/c1-11(2)14-10-17(7-8-21-14)15(18)9-12-3-5-13(6-4-12)16(19)20/h3-6,11,14H,7-10H2,1-2H3,(H,19,20). The number of nitrogens with zero attached hydrogens (tertiary/aromatic N) is 1. The molecule has 2 rings (SSSR count). The second kappa shape index (κ2) is 6.98. The Labute approximate surface area is 129 Å². The quantitative estimate of drug-likeness (QED) is 0.928. The van der Waals surface area contributed by atoms with Gasteiger partial charge in [0.05, 0.1) is 12.0 Å². The monoisotopic (exact) mass is 307 g/mol. The van der Waals surface area contributed by atoms with Gasteiger partial charge < -0.3 is 10.0 Å². The van der Waals surface area contributed by atoms with E-state index in [0.29, 0.717) is 17.6 Å². The van der Waals surface area contributed by atoms with Crippen LogP contribution in [0.4, 0.5) is 0 Å². The van der Waals surface area contributed by atoms with E-state index in [9.17, 15) is 9.59 Å². The second-order valence-corrected chi connectivity index (χ2v) is 7.02. The van der Waals surface area contributed by atoms with Crippen LogP contribution in [-0.4, -0.2) is 46.0 Å². The summed E-state index contributed by atoms with van der Waals surface area (Å²) in [6.45, 7) is 6.00. The molecule has 5 heteroatoms. The Bertz CT molecular complexity index is 513. The van der Waals surface area contributed by atoms with Gasteiger partial charge in [-0.25, -0.2) is 4.79 Å². The molecule has 0 spiro atoms. The number of amides is 1. The predicted octanol–water partition coefficient (Wildman–Crippen LogP) is 2.53. The van der Waals surface area contributed by atoms with Crippen LogP contribution in [0.2, 0.25) is 0 Å². The van der Waals surface area contributed by atoms with E-state index >= 15 is 0 Å². The summed E-state index contributed by atoms with van der Waals surface area (Å²) < 4.78 is 0. The van der Waals surface area contributed by atoms with E-state index in [1.165, 1.54) is 0 Å². The molecule has 0 aromatic heterocycles. The van der Waals surface area contributed by atoms with Gasteiger partial charge in [0.1, 0.15) is 0 Å². The van der Waals surface area contributed by atoms with Crippen LogP contribution in [0.3, 0.4) is 0 Å². The first-order chi connectivity index (χ1) is 9.97. The minimum absolute atomic E-state index is 0.129. The summed E-state index contributed by atoms with van der Waals surface area (Å²) in [7, 11) is 0. The molecule has 0 saturated carbocycles. The molecular weight excluding hydrogens is 286 g/mol. The molecule has 1 saturated heterocycles. The number of hydrogen-bond acceptors (Lipinski definition) is 3. The maximum Gasteiger partial charge on any atom is 0.335 e. The van der Waals surface area contributed by atoms with Gasteiger partial charge >= 0.3 is 5.97 Å². The zero-order valence-corrected chi connectivity index (χ0v) is 13.2. The van der Waals surface area contributed by atoms with Crippen molar-refractivity contribution in [1.82, 2.24) is 4.90 Å². The fourth-order valence-electron chi connectivity index (χ4n) is 2.36. The van der Waals surface area contributed by atoms with E-state index < -0.39 is 5.97 Å². The normalized spacial score (nSPS) is 18.8. The van der Waals surface area contributed by atoms with Crippen molar-refractivity contribution in [1.29, 1.82) is 0 Å².